The van der Waals surface area contributed by atoms with Crippen molar-refractivity contribution in [1.29, 1.82) is 0 Å². The zero-order valence-electron chi connectivity index (χ0n) is 12.5. The van der Waals surface area contributed by atoms with E-state index in [1.165, 1.54) is 18.9 Å². The number of carbonyl (C=O) groups excluding carboxylic acids is 1. The van der Waals surface area contributed by atoms with Gasteiger partial charge in [-0.1, -0.05) is 25.8 Å². The Balaban J connectivity index is 1.93. The van der Waals surface area contributed by atoms with Crippen molar-refractivity contribution in [1.82, 2.24) is 5.32 Å². The van der Waals surface area contributed by atoms with Gasteiger partial charge in [-0.15, -0.1) is 0 Å². The molecule has 1 aromatic carbocycles. The maximum absolute atomic E-state index is 11.9. The van der Waals surface area contributed by atoms with E-state index in [0.717, 1.165) is 12.8 Å². The largest absolute Gasteiger partial charge is 0.478 e. The van der Waals surface area contributed by atoms with Crippen molar-refractivity contribution in [2.75, 3.05) is 11.9 Å². The zero-order chi connectivity index (χ0) is 15.5. The number of aromatic carboxylic acids is 1. The Labute approximate surface area is 124 Å². The summed E-state index contributed by atoms with van der Waals surface area (Å²) in [7, 11) is 0. The van der Waals surface area contributed by atoms with Crippen molar-refractivity contribution in [3.63, 3.8) is 0 Å². The number of hydrogen-bond donors (Lipinski definition) is 3. The van der Waals surface area contributed by atoms with Crippen LogP contribution in [0.4, 0.5) is 10.5 Å². The fourth-order valence-electron chi connectivity index (χ4n) is 2.80. The smallest absolute Gasteiger partial charge is 0.336 e. The van der Waals surface area contributed by atoms with Gasteiger partial charge >= 0.3 is 12.0 Å². The van der Waals surface area contributed by atoms with E-state index in [-0.39, 0.29) is 17.0 Å². The predicted octanol–water partition coefficient (Wildman–Crippen LogP) is 3.40. The normalized spacial score (nSPS) is 16.5. The highest BCUT2D eigenvalue weighted by molar-refractivity contribution is 5.94. The van der Waals surface area contributed by atoms with Crippen molar-refractivity contribution in [3.05, 3.63) is 29.3 Å². The second kappa shape index (κ2) is 6.16. The van der Waals surface area contributed by atoms with Gasteiger partial charge in [0.25, 0.3) is 0 Å². The molecule has 0 radical (unpaired) electrons. The van der Waals surface area contributed by atoms with E-state index in [1.807, 2.05) is 0 Å². The Kier molecular flexibility index (Phi) is 4.50. The van der Waals surface area contributed by atoms with Crippen molar-refractivity contribution < 1.29 is 14.7 Å². The first kappa shape index (κ1) is 15.4. The number of carbonyl (C=O) groups is 2. The molecule has 3 N–H and O–H groups in total. The minimum atomic E-state index is -0.991. The number of amides is 2. The molecule has 0 saturated heterocycles. The highest BCUT2D eigenvalue weighted by atomic mass is 16.4. The molecule has 1 fully saturated rings. The van der Waals surface area contributed by atoms with Gasteiger partial charge < -0.3 is 15.7 Å². The van der Waals surface area contributed by atoms with E-state index in [4.69, 9.17) is 5.11 Å². The summed E-state index contributed by atoms with van der Waals surface area (Å²) in [6.45, 7) is 4.57. The maximum Gasteiger partial charge on any atom is 0.336 e. The highest BCUT2D eigenvalue weighted by Crippen LogP contribution is 2.36. The fraction of sp³-hybridized carbons (Fsp3) is 0.500. The molecule has 5 heteroatoms. The first-order chi connectivity index (χ1) is 9.89. The summed E-state index contributed by atoms with van der Waals surface area (Å²) in [5.74, 6) is -0.991. The molecular weight excluding hydrogens is 268 g/mol. The van der Waals surface area contributed by atoms with Crippen LogP contribution < -0.4 is 10.6 Å². The number of anilines is 1. The average molecular weight is 290 g/mol. The van der Waals surface area contributed by atoms with Gasteiger partial charge in [0.1, 0.15) is 0 Å². The van der Waals surface area contributed by atoms with E-state index in [1.54, 1.807) is 19.1 Å². The van der Waals surface area contributed by atoms with Crippen molar-refractivity contribution in [3.8, 4) is 0 Å². The predicted molar refractivity (Wildman–Crippen MR) is 81.7 cm³/mol. The highest BCUT2D eigenvalue weighted by Gasteiger charge is 2.28. The molecule has 2 amide bonds. The molecule has 1 aliphatic carbocycles. The lowest BCUT2D eigenvalue weighted by Crippen LogP contribution is -2.36. The maximum atomic E-state index is 11.9. The molecule has 0 heterocycles. The lowest BCUT2D eigenvalue weighted by atomic mass is 9.89. The van der Waals surface area contributed by atoms with E-state index < -0.39 is 5.97 Å². The molecule has 21 heavy (non-hydrogen) atoms. The second-order valence-corrected chi connectivity index (χ2v) is 6.16. The van der Waals surface area contributed by atoms with Crippen LogP contribution >= 0.6 is 0 Å². The molecule has 1 aromatic rings. The molecule has 0 unspecified atom stereocenters. The van der Waals surface area contributed by atoms with Crippen LogP contribution in [0.2, 0.25) is 0 Å². The second-order valence-electron chi connectivity index (χ2n) is 6.16. The van der Waals surface area contributed by atoms with Crippen LogP contribution in [0.5, 0.6) is 0 Å². The Bertz CT molecular complexity index is 548. The molecular formula is C16H22N2O3. The van der Waals surface area contributed by atoms with Crippen LogP contribution in [0.3, 0.4) is 0 Å². The Morgan fingerprint density at radius 1 is 1.29 bits per heavy atom. The van der Waals surface area contributed by atoms with Gasteiger partial charge in [-0.25, -0.2) is 9.59 Å². The molecule has 2 rings (SSSR count). The van der Waals surface area contributed by atoms with Crippen LogP contribution in [0.1, 0.15) is 48.5 Å². The number of carboxylic acid groups (broad SMARTS) is 1. The number of benzene rings is 1. The van der Waals surface area contributed by atoms with Crippen LogP contribution in [0.15, 0.2) is 18.2 Å². The third-order valence-electron chi connectivity index (χ3n) is 4.21. The number of aryl methyl sites for hydroxylation is 1. The molecule has 1 saturated carbocycles. The number of hydrogen-bond acceptors (Lipinski definition) is 2. The van der Waals surface area contributed by atoms with Crippen LogP contribution in [-0.4, -0.2) is 23.7 Å². The summed E-state index contributed by atoms with van der Waals surface area (Å²) in [5, 5.41) is 14.6. The Morgan fingerprint density at radius 2 is 1.95 bits per heavy atom. The molecule has 114 valence electrons. The Hall–Kier alpha value is -2.04. The molecule has 1 aliphatic rings. The van der Waals surface area contributed by atoms with Crippen LogP contribution in [-0.2, 0) is 0 Å². The topological polar surface area (TPSA) is 78.4 Å². The molecule has 0 aromatic heterocycles. The van der Waals surface area contributed by atoms with Crippen LogP contribution in [0, 0.1) is 12.3 Å². The van der Waals surface area contributed by atoms with Gasteiger partial charge in [-0.05, 0) is 42.9 Å². The van der Waals surface area contributed by atoms with E-state index in [9.17, 15) is 9.59 Å². The standard InChI is InChI=1S/C16H22N2O3/c1-11-5-6-12(9-13(11)14(19)20)18-15(21)17-10-16(2)7-3-4-8-16/h5-6,9H,3-4,7-8,10H2,1-2H3,(H,19,20)(H2,17,18,21). The molecule has 0 bridgehead atoms. The number of nitrogens with one attached hydrogen (secondary N) is 2. The monoisotopic (exact) mass is 290 g/mol. The van der Waals surface area contributed by atoms with Crippen molar-refractivity contribution in [2.24, 2.45) is 5.41 Å². The molecule has 0 aliphatic heterocycles. The third kappa shape index (κ3) is 3.97. The summed E-state index contributed by atoms with van der Waals surface area (Å²) in [4.78, 5) is 23.0. The quantitative estimate of drug-likeness (QED) is 0.795. The van der Waals surface area contributed by atoms with Gasteiger partial charge in [0.2, 0.25) is 0 Å². The summed E-state index contributed by atoms with van der Waals surface area (Å²) in [6, 6.07) is 4.59. The molecule has 5 nitrogen and oxygen atoms in total. The first-order valence-corrected chi connectivity index (χ1v) is 7.28. The van der Waals surface area contributed by atoms with Crippen molar-refractivity contribution >= 4 is 17.7 Å². The van der Waals surface area contributed by atoms with Gasteiger partial charge in [0, 0.05) is 12.2 Å². The number of urea groups is 1. The van der Waals surface area contributed by atoms with Crippen LogP contribution in [0.25, 0.3) is 0 Å². The van der Waals surface area contributed by atoms with E-state index in [2.05, 4.69) is 17.6 Å². The minimum absolute atomic E-state index is 0.191. The zero-order valence-corrected chi connectivity index (χ0v) is 12.5. The molecule has 0 atom stereocenters. The SMILES string of the molecule is Cc1ccc(NC(=O)NCC2(C)CCCC2)cc1C(=O)O. The third-order valence-corrected chi connectivity index (χ3v) is 4.21. The summed E-state index contributed by atoms with van der Waals surface area (Å²) >= 11 is 0. The first-order valence-electron chi connectivity index (χ1n) is 7.28. The van der Waals surface area contributed by atoms with Gasteiger partial charge in [-0.3, -0.25) is 0 Å². The average Bonchev–Trinajstić information content (AvgIpc) is 2.86. The van der Waals surface area contributed by atoms with E-state index in [0.29, 0.717) is 17.8 Å². The fourth-order valence-corrected chi connectivity index (χ4v) is 2.80. The molecule has 0 spiro atoms. The lowest BCUT2D eigenvalue weighted by molar-refractivity contribution is 0.0696. The lowest BCUT2D eigenvalue weighted by Gasteiger charge is -2.23. The summed E-state index contributed by atoms with van der Waals surface area (Å²) in [6.07, 6.45) is 4.72. The van der Waals surface area contributed by atoms with Gasteiger partial charge in [-0.2, -0.15) is 0 Å². The van der Waals surface area contributed by atoms with Gasteiger partial charge in [0.05, 0.1) is 5.56 Å². The Morgan fingerprint density at radius 3 is 2.57 bits per heavy atom. The summed E-state index contributed by atoms with van der Waals surface area (Å²) in [5.41, 5.74) is 1.56. The van der Waals surface area contributed by atoms with Gasteiger partial charge in [0.15, 0.2) is 0 Å². The number of rotatable bonds is 4. The number of carboxylic acids is 1. The minimum Gasteiger partial charge on any atom is -0.478 e. The summed E-state index contributed by atoms with van der Waals surface area (Å²) < 4.78 is 0. The van der Waals surface area contributed by atoms with E-state index >= 15 is 0 Å². The van der Waals surface area contributed by atoms with Crippen molar-refractivity contribution in [2.45, 2.75) is 39.5 Å².